The highest BCUT2D eigenvalue weighted by molar-refractivity contribution is 5.93. The molecule has 0 radical (unpaired) electrons. The minimum Gasteiger partial charge on any atom is -0.370 e. The number of nitrogens with zero attached hydrogens (tertiary/aromatic N) is 4. The molecule has 6 N–H and O–H groups in total. The first-order valence-electron chi connectivity index (χ1n) is 4.47. The Bertz CT molecular complexity index is 383. The monoisotopic (exact) mass is 209 g/mol. The van der Waals surface area contributed by atoms with Gasteiger partial charge in [-0.15, -0.1) is 0 Å². The van der Waals surface area contributed by atoms with Crippen molar-refractivity contribution in [1.29, 1.82) is 0 Å². The SMILES string of the molecule is CC(C)n1cc(N=C(N)N=C(N)N)cn1. The average molecular weight is 209 g/mol. The van der Waals surface area contributed by atoms with Crippen LogP contribution in [-0.2, 0) is 0 Å². The van der Waals surface area contributed by atoms with Gasteiger partial charge in [-0.3, -0.25) is 4.68 Å². The Morgan fingerprint density at radius 2 is 2.07 bits per heavy atom. The van der Waals surface area contributed by atoms with E-state index in [-0.39, 0.29) is 18.0 Å². The summed E-state index contributed by atoms with van der Waals surface area (Å²) in [5.74, 6) is -0.106. The molecule has 0 unspecified atom stereocenters. The Balaban J connectivity index is 2.84. The van der Waals surface area contributed by atoms with Gasteiger partial charge in [-0.2, -0.15) is 10.1 Å². The number of aliphatic imine (C=N–C) groups is 2. The second-order valence-electron chi connectivity index (χ2n) is 3.28. The summed E-state index contributed by atoms with van der Waals surface area (Å²) in [7, 11) is 0. The molecule has 1 rings (SSSR count). The molecular formula is C8H15N7. The Morgan fingerprint density at radius 3 is 2.53 bits per heavy atom. The van der Waals surface area contributed by atoms with E-state index in [0.29, 0.717) is 5.69 Å². The van der Waals surface area contributed by atoms with Gasteiger partial charge in [0.2, 0.25) is 5.96 Å². The van der Waals surface area contributed by atoms with Crippen LogP contribution in [0, 0.1) is 0 Å². The summed E-state index contributed by atoms with van der Waals surface area (Å²) >= 11 is 0. The second-order valence-corrected chi connectivity index (χ2v) is 3.28. The molecule has 1 aromatic heterocycles. The molecule has 82 valence electrons. The molecular weight excluding hydrogens is 194 g/mol. The lowest BCUT2D eigenvalue weighted by Gasteiger charge is -2.02. The first-order valence-corrected chi connectivity index (χ1v) is 4.47. The van der Waals surface area contributed by atoms with Gasteiger partial charge in [-0.25, -0.2) is 4.99 Å². The number of nitrogens with two attached hydrogens (primary N) is 3. The van der Waals surface area contributed by atoms with Crippen molar-refractivity contribution in [2.45, 2.75) is 19.9 Å². The molecule has 0 aliphatic carbocycles. The van der Waals surface area contributed by atoms with Crippen LogP contribution in [0.2, 0.25) is 0 Å². The molecule has 15 heavy (non-hydrogen) atoms. The molecule has 0 saturated carbocycles. The minimum absolute atomic E-state index is 0.0123. The zero-order valence-electron chi connectivity index (χ0n) is 8.75. The molecule has 0 amide bonds. The summed E-state index contributed by atoms with van der Waals surface area (Å²) in [5.41, 5.74) is 16.4. The van der Waals surface area contributed by atoms with Crippen molar-refractivity contribution in [3.63, 3.8) is 0 Å². The quantitative estimate of drug-likeness (QED) is 0.456. The van der Waals surface area contributed by atoms with Crippen molar-refractivity contribution < 1.29 is 0 Å². The molecule has 1 aromatic rings. The molecule has 0 spiro atoms. The van der Waals surface area contributed by atoms with Crippen LogP contribution in [0.5, 0.6) is 0 Å². The van der Waals surface area contributed by atoms with Crippen LogP contribution >= 0.6 is 0 Å². The van der Waals surface area contributed by atoms with E-state index in [4.69, 9.17) is 17.2 Å². The van der Waals surface area contributed by atoms with Crippen LogP contribution in [0.4, 0.5) is 5.69 Å². The van der Waals surface area contributed by atoms with Gasteiger partial charge in [-0.1, -0.05) is 0 Å². The summed E-state index contributed by atoms with van der Waals surface area (Å²) in [4.78, 5) is 7.56. The maximum atomic E-state index is 5.46. The highest BCUT2D eigenvalue weighted by Crippen LogP contribution is 2.12. The van der Waals surface area contributed by atoms with E-state index in [2.05, 4.69) is 15.1 Å². The lowest BCUT2D eigenvalue weighted by molar-refractivity contribution is 0.532. The van der Waals surface area contributed by atoms with E-state index in [0.717, 1.165) is 0 Å². The lowest BCUT2D eigenvalue weighted by Crippen LogP contribution is -2.26. The van der Waals surface area contributed by atoms with Crippen molar-refractivity contribution in [3.8, 4) is 0 Å². The predicted octanol–water partition coefficient (Wildman–Crippen LogP) is -0.316. The van der Waals surface area contributed by atoms with Gasteiger partial charge in [-0.05, 0) is 13.8 Å². The van der Waals surface area contributed by atoms with Gasteiger partial charge < -0.3 is 17.2 Å². The molecule has 0 atom stereocenters. The highest BCUT2D eigenvalue weighted by atomic mass is 15.3. The highest BCUT2D eigenvalue weighted by Gasteiger charge is 2.00. The molecule has 0 fully saturated rings. The second kappa shape index (κ2) is 4.45. The first-order chi connectivity index (χ1) is 6.99. The van der Waals surface area contributed by atoms with Crippen molar-refractivity contribution in [3.05, 3.63) is 12.4 Å². The normalized spacial score (nSPS) is 11.8. The number of hydrogen-bond acceptors (Lipinski definition) is 2. The molecule has 0 bridgehead atoms. The van der Waals surface area contributed by atoms with Crippen molar-refractivity contribution in [1.82, 2.24) is 9.78 Å². The van der Waals surface area contributed by atoms with E-state index < -0.39 is 0 Å². The van der Waals surface area contributed by atoms with Gasteiger partial charge in [0.1, 0.15) is 5.69 Å². The Hall–Kier alpha value is -2.05. The van der Waals surface area contributed by atoms with Crippen LogP contribution < -0.4 is 17.2 Å². The Kier molecular flexibility index (Phi) is 3.27. The van der Waals surface area contributed by atoms with E-state index in [1.165, 1.54) is 0 Å². The summed E-state index contributed by atoms with van der Waals surface area (Å²) in [6.45, 7) is 4.03. The number of hydrogen-bond donors (Lipinski definition) is 3. The fraction of sp³-hybridized carbons (Fsp3) is 0.375. The molecule has 7 heteroatoms. The molecule has 1 heterocycles. The van der Waals surface area contributed by atoms with Crippen LogP contribution in [-0.4, -0.2) is 21.7 Å². The molecule has 0 aliphatic heterocycles. The van der Waals surface area contributed by atoms with E-state index >= 15 is 0 Å². The summed E-state index contributed by atoms with van der Waals surface area (Å²) < 4.78 is 1.77. The maximum Gasteiger partial charge on any atom is 0.223 e. The predicted molar refractivity (Wildman–Crippen MR) is 59.7 cm³/mol. The Morgan fingerprint density at radius 1 is 1.40 bits per heavy atom. The molecule has 0 aliphatic rings. The summed E-state index contributed by atoms with van der Waals surface area (Å²) in [6.07, 6.45) is 3.36. The van der Waals surface area contributed by atoms with Crippen molar-refractivity contribution in [2.24, 2.45) is 27.2 Å². The summed E-state index contributed by atoms with van der Waals surface area (Å²) in [6, 6.07) is 0.276. The van der Waals surface area contributed by atoms with Gasteiger partial charge >= 0.3 is 0 Å². The molecule has 7 nitrogen and oxygen atoms in total. The van der Waals surface area contributed by atoms with Crippen LogP contribution in [0.1, 0.15) is 19.9 Å². The van der Waals surface area contributed by atoms with Gasteiger partial charge in [0.05, 0.1) is 12.4 Å². The van der Waals surface area contributed by atoms with E-state index in [1.807, 2.05) is 13.8 Å². The first kappa shape index (κ1) is 11.0. The fourth-order valence-electron chi connectivity index (χ4n) is 0.958. The third kappa shape index (κ3) is 3.29. The molecule has 0 saturated heterocycles. The number of aromatic nitrogens is 2. The standard InChI is InChI=1S/C8H15N7/c1-5(2)15-4-6(3-12-15)13-8(11)14-7(9)10/h3-5H,1-2H3,(H6,9,10,11,13,14). The fourth-order valence-corrected chi connectivity index (χ4v) is 0.958. The zero-order valence-corrected chi connectivity index (χ0v) is 8.75. The Labute approximate surface area is 87.7 Å². The minimum atomic E-state index is -0.118. The van der Waals surface area contributed by atoms with Gasteiger partial charge in [0.15, 0.2) is 5.96 Å². The topological polar surface area (TPSA) is 121 Å². The third-order valence-corrected chi connectivity index (χ3v) is 1.60. The number of rotatable bonds is 2. The lowest BCUT2D eigenvalue weighted by atomic mass is 10.4. The van der Waals surface area contributed by atoms with Crippen molar-refractivity contribution >= 4 is 17.6 Å². The van der Waals surface area contributed by atoms with Gasteiger partial charge in [0.25, 0.3) is 0 Å². The van der Waals surface area contributed by atoms with Crippen molar-refractivity contribution in [2.75, 3.05) is 0 Å². The smallest absolute Gasteiger partial charge is 0.223 e. The van der Waals surface area contributed by atoms with Crippen LogP contribution in [0.3, 0.4) is 0 Å². The third-order valence-electron chi connectivity index (χ3n) is 1.60. The zero-order chi connectivity index (χ0) is 11.4. The van der Waals surface area contributed by atoms with Crippen LogP contribution in [0.25, 0.3) is 0 Å². The van der Waals surface area contributed by atoms with Crippen LogP contribution in [0.15, 0.2) is 22.4 Å². The maximum absolute atomic E-state index is 5.46. The summed E-state index contributed by atoms with van der Waals surface area (Å²) in [5, 5.41) is 4.09. The average Bonchev–Trinajstić information content (AvgIpc) is 2.50. The number of guanidine groups is 2. The van der Waals surface area contributed by atoms with E-state index in [1.54, 1.807) is 17.1 Å². The molecule has 0 aromatic carbocycles. The largest absolute Gasteiger partial charge is 0.370 e. The van der Waals surface area contributed by atoms with Gasteiger partial charge in [0, 0.05) is 6.04 Å². The van der Waals surface area contributed by atoms with E-state index in [9.17, 15) is 0 Å².